The predicted molar refractivity (Wildman–Crippen MR) is 71.2 cm³/mol. The Bertz CT molecular complexity index is 659. The minimum Gasteiger partial charge on any atom is -0.341 e. The van der Waals surface area contributed by atoms with Crippen LogP contribution in [0.2, 0.25) is 0 Å². The lowest BCUT2D eigenvalue weighted by atomic mass is 10.3. The van der Waals surface area contributed by atoms with E-state index < -0.39 is 9.84 Å². The zero-order valence-corrected chi connectivity index (χ0v) is 11.5. The van der Waals surface area contributed by atoms with E-state index in [-0.39, 0.29) is 4.90 Å². The maximum absolute atomic E-state index is 11.7. The molecule has 0 fully saturated rings. The van der Waals surface area contributed by atoms with Gasteiger partial charge in [-0.05, 0) is 12.1 Å². The van der Waals surface area contributed by atoms with E-state index in [4.69, 9.17) is 0 Å². The van der Waals surface area contributed by atoms with Gasteiger partial charge in [0, 0.05) is 12.3 Å². The Balaban J connectivity index is 2.45. The molecule has 2 aromatic rings. The standard InChI is InChI=1S/C12H17N3O2S/c1-8(2)13-7-11-14-9-5-4-6-10(12(9)15-11)18(3,16)17/h4-6,8,13H,7H2,1-3H3,(H,14,15). The number of para-hydroxylation sites is 1. The van der Waals surface area contributed by atoms with Crippen LogP contribution in [0.3, 0.4) is 0 Å². The van der Waals surface area contributed by atoms with Crippen molar-refractivity contribution in [3.05, 3.63) is 24.0 Å². The van der Waals surface area contributed by atoms with Crippen molar-refractivity contribution in [1.29, 1.82) is 0 Å². The first kappa shape index (κ1) is 13.0. The van der Waals surface area contributed by atoms with Crippen LogP contribution in [0, 0.1) is 0 Å². The second-order valence-electron chi connectivity index (χ2n) is 4.64. The summed E-state index contributed by atoms with van der Waals surface area (Å²) in [5.41, 5.74) is 1.26. The van der Waals surface area contributed by atoms with Gasteiger partial charge in [0.25, 0.3) is 0 Å². The van der Waals surface area contributed by atoms with Crippen LogP contribution in [0.5, 0.6) is 0 Å². The molecule has 0 aliphatic rings. The molecular weight excluding hydrogens is 250 g/mol. The van der Waals surface area contributed by atoms with Crippen LogP contribution in [0.25, 0.3) is 11.0 Å². The zero-order valence-electron chi connectivity index (χ0n) is 10.7. The molecule has 98 valence electrons. The monoisotopic (exact) mass is 267 g/mol. The predicted octanol–water partition coefficient (Wildman–Crippen LogP) is 1.46. The quantitative estimate of drug-likeness (QED) is 0.879. The van der Waals surface area contributed by atoms with Crippen LogP contribution < -0.4 is 5.32 Å². The van der Waals surface area contributed by atoms with Crippen molar-refractivity contribution in [2.45, 2.75) is 31.3 Å². The SMILES string of the molecule is CC(C)NCc1nc2c(S(C)(=O)=O)cccc2[nH]1. The molecule has 0 amide bonds. The van der Waals surface area contributed by atoms with E-state index in [0.29, 0.717) is 18.1 Å². The third kappa shape index (κ3) is 2.70. The number of nitrogens with zero attached hydrogens (tertiary/aromatic N) is 1. The van der Waals surface area contributed by atoms with Crippen LogP contribution in [0.4, 0.5) is 0 Å². The first-order valence-corrected chi connectivity index (χ1v) is 7.68. The zero-order chi connectivity index (χ0) is 13.3. The van der Waals surface area contributed by atoms with Gasteiger partial charge in [-0.15, -0.1) is 0 Å². The lowest BCUT2D eigenvalue weighted by molar-refractivity contribution is 0.576. The summed E-state index contributed by atoms with van der Waals surface area (Å²) in [5.74, 6) is 0.745. The molecule has 2 N–H and O–H groups in total. The Morgan fingerprint density at radius 2 is 2.11 bits per heavy atom. The molecule has 2 rings (SSSR count). The fraction of sp³-hybridized carbons (Fsp3) is 0.417. The molecule has 6 heteroatoms. The van der Waals surface area contributed by atoms with E-state index in [1.807, 2.05) is 19.9 Å². The van der Waals surface area contributed by atoms with Gasteiger partial charge in [0.2, 0.25) is 0 Å². The number of H-pyrrole nitrogens is 1. The van der Waals surface area contributed by atoms with Crippen LogP contribution in [-0.4, -0.2) is 30.7 Å². The molecular formula is C12H17N3O2S. The number of fused-ring (bicyclic) bond motifs is 1. The minimum atomic E-state index is -3.25. The third-order valence-corrected chi connectivity index (χ3v) is 3.73. The molecule has 1 heterocycles. The summed E-state index contributed by atoms with van der Waals surface area (Å²) in [7, 11) is -3.25. The molecule has 18 heavy (non-hydrogen) atoms. The molecule has 1 aromatic heterocycles. The van der Waals surface area contributed by atoms with Gasteiger partial charge in [0.1, 0.15) is 11.3 Å². The van der Waals surface area contributed by atoms with Crippen molar-refractivity contribution in [1.82, 2.24) is 15.3 Å². The number of benzene rings is 1. The Labute approximate surface area is 107 Å². The van der Waals surface area contributed by atoms with Crippen LogP contribution in [0.15, 0.2) is 23.1 Å². The van der Waals surface area contributed by atoms with E-state index in [1.165, 1.54) is 6.26 Å². The van der Waals surface area contributed by atoms with E-state index in [2.05, 4.69) is 15.3 Å². The molecule has 0 atom stereocenters. The molecule has 1 aromatic carbocycles. The molecule has 5 nitrogen and oxygen atoms in total. The van der Waals surface area contributed by atoms with Gasteiger partial charge in [0.15, 0.2) is 9.84 Å². The van der Waals surface area contributed by atoms with Gasteiger partial charge in [-0.2, -0.15) is 0 Å². The number of hydrogen-bond donors (Lipinski definition) is 2. The van der Waals surface area contributed by atoms with E-state index in [0.717, 1.165) is 11.3 Å². The number of nitrogens with one attached hydrogen (secondary N) is 2. The number of sulfone groups is 1. The van der Waals surface area contributed by atoms with Crippen molar-refractivity contribution in [2.24, 2.45) is 0 Å². The highest BCUT2D eigenvalue weighted by atomic mass is 32.2. The summed E-state index contributed by atoms with van der Waals surface area (Å²) in [5, 5.41) is 3.24. The molecule has 0 aliphatic carbocycles. The van der Waals surface area contributed by atoms with Crippen LogP contribution in [-0.2, 0) is 16.4 Å². The van der Waals surface area contributed by atoms with Crippen LogP contribution in [0.1, 0.15) is 19.7 Å². The molecule has 0 radical (unpaired) electrons. The normalized spacial score (nSPS) is 12.4. The minimum absolute atomic E-state index is 0.270. The summed E-state index contributed by atoms with van der Waals surface area (Å²) in [6, 6.07) is 5.48. The van der Waals surface area contributed by atoms with Crippen molar-refractivity contribution in [3.63, 3.8) is 0 Å². The van der Waals surface area contributed by atoms with Gasteiger partial charge in [-0.3, -0.25) is 0 Å². The maximum atomic E-state index is 11.7. The number of aromatic nitrogens is 2. The molecule has 0 aliphatic heterocycles. The molecule has 0 bridgehead atoms. The first-order chi connectivity index (χ1) is 8.38. The lowest BCUT2D eigenvalue weighted by Gasteiger charge is -2.04. The highest BCUT2D eigenvalue weighted by Gasteiger charge is 2.14. The highest BCUT2D eigenvalue weighted by molar-refractivity contribution is 7.91. The fourth-order valence-electron chi connectivity index (χ4n) is 1.74. The average Bonchev–Trinajstić information content (AvgIpc) is 2.66. The highest BCUT2D eigenvalue weighted by Crippen LogP contribution is 2.20. The fourth-order valence-corrected chi connectivity index (χ4v) is 2.57. The number of aromatic amines is 1. The smallest absolute Gasteiger partial charge is 0.177 e. The van der Waals surface area contributed by atoms with Gasteiger partial charge in [-0.25, -0.2) is 13.4 Å². The lowest BCUT2D eigenvalue weighted by Crippen LogP contribution is -2.22. The number of imidazole rings is 1. The average molecular weight is 267 g/mol. The van der Waals surface area contributed by atoms with E-state index in [1.54, 1.807) is 12.1 Å². The molecule has 0 saturated heterocycles. The summed E-state index contributed by atoms with van der Waals surface area (Å²) in [4.78, 5) is 7.75. The van der Waals surface area contributed by atoms with Gasteiger partial charge < -0.3 is 10.3 Å². The Morgan fingerprint density at radius 3 is 2.72 bits per heavy atom. The third-order valence-electron chi connectivity index (χ3n) is 2.60. The Hall–Kier alpha value is -1.40. The van der Waals surface area contributed by atoms with Gasteiger partial charge in [-0.1, -0.05) is 19.9 Å². The molecule has 0 saturated carbocycles. The van der Waals surface area contributed by atoms with Crippen LogP contribution >= 0.6 is 0 Å². The van der Waals surface area contributed by atoms with Crippen molar-refractivity contribution in [2.75, 3.05) is 6.26 Å². The first-order valence-electron chi connectivity index (χ1n) is 5.79. The van der Waals surface area contributed by atoms with Gasteiger partial charge in [0.05, 0.1) is 17.0 Å². The molecule has 0 unspecified atom stereocenters. The summed E-state index contributed by atoms with van der Waals surface area (Å²) >= 11 is 0. The largest absolute Gasteiger partial charge is 0.341 e. The van der Waals surface area contributed by atoms with E-state index in [9.17, 15) is 8.42 Å². The molecule has 0 spiro atoms. The van der Waals surface area contributed by atoms with E-state index >= 15 is 0 Å². The van der Waals surface area contributed by atoms with Crippen molar-refractivity contribution >= 4 is 20.9 Å². The maximum Gasteiger partial charge on any atom is 0.177 e. The van der Waals surface area contributed by atoms with Crippen molar-refractivity contribution < 1.29 is 8.42 Å². The topological polar surface area (TPSA) is 74.8 Å². The van der Waals surface area contributed by atoms with Crippen molar-refractivity contribution in [3.8, 4) is 0 Å². The summed E-state index contributed by atoms with van der Waals surface area (Å²) in [6.45, 7) is 4.69. The summed E-state index contributed by atoms with van der Waals surface area (Å²) in [6.07, 6.45) is 1.20. The number of hydrogen-bond acceptors (Lipinski definition) is 4. The Kier molecular flexibility index (Phi) is 3.41. The second kappa shape index (κ2) is 4.70. The van der Waals surface area contributed by atoms with Gasteiger partial charge >= 0.3 is 0 Å². The number of rotatable bonds is 4. The second-order valence-corrected chi connectivity index (χ2v) is 6.63. The summed E-state index contributed by atoms with van der Waals surface area (Å²) < 4.78 is 23.3. The Morgan fingerprint density at radius 1 is 1.39 bits per heavy atom.